The smallest absolute Gasteiger partial charge is 0.144 e. The van der Waals surface area contributed by atoms with Gasteiger partial charge in [0, 0.05) is 53.5 Å². The van der Waals surface area contributed by atoms with Crippen molar-refractivity contribution in [1.82, 2.24) is 9.88 Å². The molecule has 0 saturated carbocycles. The summed E-state index contributed by atoms with van der Waals surface area (Å²) in [5, 5.41) is 11.1. The fraction of sp³-hybridized carbons (Fsp3) is 0.571. The van der Waals surface area contributed by atoms with Gasteiger partial charge >= 0.3 is 0 Å². The average molecular weight is 381 g/mol. The summed E-state index contributed by atoms with van der Waals surface area (Å²) < 4.78 is 11.4. The van der Waals surface area contributed by atoms with Crippen molar-refractivity contribution in [3.63, 3.8) is 0 Å². The zero-order valence-electron chi connectivity index (χ0n) is 17.5. The van der Waals surface area contributed by atoms with E-state index in [9.17, 15) is 9.32 Å². The van der Waals surface area contributed by atoms with Gasteiger partial charge in [0.05, 0.1) is 0 Å². The molecule has 0 bridgehead atoms. The van der Waals surface area contributed by atoms with E-state index in [2.05, 4.69) is 9.88 Å². The highest BCUT2D eigenvalue weighted by Crippen LogP contribution is 2.30. The second kappa shape index (κ2) is 13.7. The van der Waals surface area contributed by atoms with Crippen LogP contribution in [0.25, 0.3) is 10.9 Å². The van der Waals surface area contributed by atoms with E-state index in [-0.39, 0.29) is 5.75 Å². The molecule has 0 spiro atoms. The van der Waals surface area contributed by atoms with Crippen molar-refractivity contribution in [3.8, 4) is 5.75 Å². The molecule has 1 saturated heterocycles. The molecule has 0 amide bonds. The molecule has 1 aromatic heterocycles. The Balaban J connectivity index is 0.000000948. The van der Waals surface area contributed by atoms with Crippen LogP contribution in [0.4, 0.5) is 0 Å². The minimum Gasteiger partial charge on any atom is -0.505 e. The Morgan fingerprint density at radius 2 is 1.69 bits per heavy atom. The van der Waals surface area contributed by atoms with E-state index in [0.29, 0.717) is 5.52 Å². The minimum absolute atomic E-state index is 0.268. The average Bonchev–Trinajstić information content (AvgIpc) is 2.72. The second-order valence-electron chi connectivity index (χ2n) is 5.22. The van der Waals surface area contributed by atoms with Gasteiger partial charge < -0.3 is 5.11 Å². The van der Waals surface area contributed by atoms with Crippen LogP contribution in [0.5, 0.6) is 5.75 Å². The number of aromatic hydroxyl groups is 1. The van der Waals surface area contributed by atoms with Crippen molar-refractivity contribution < 1.29 is 9.32 Å². The first-order valence-electron chi connectivity index (χ1n) is 9.78. The zero-order valence-corrected chi connectivity index (χ0v) is 18.3. The topological polar surface area (TPSA) is 53.4 Å². The van der Waals surface area contributed by atoms with Crippen LogP contribution in [-0.2, 0) is 17.3 Å². The van der Waals surface area contributed by atoms with Crippen molar-refractivity contribution in [3.05, 3.63) is 35.5 Å². The Labute approximate surface area is 162 Å². The lowest BCUT2D eigenvalue weighted by Crippen LogP contribution is -2.37. The van der Waals surface area contributed by atoms with Crippen LogP contribution in [0, 0.1) is 6.92 Å². The molecule has 0 unspecified atom stereocenters. The fourth-order valence-corrected chi connectivity index (χ4v) is 3.78. The van der Waals surface area contributed by atoms with Crippen LogP contribution in [0.3, 0.4) is 0 Å². The normalized spacial score (nSPS) is 14.3. The minimum atomic E-state index is -0.648. The molecular formula is C21H36N2O2S. The molecule has 0 atom stereocenters. The van der Waals surface area contributed by atoms with Gasteiger partial charge in [0.2, 0.25) is 0 Å². The summed E-state index contributed by atoms with van der Waals surface area (Å²) in [6.07, 6.45) is 1.70. The second-order valence-corrected chi connectivity index (χ2v) is 6.92. The maximum Gasteiger partial charge on any atom is 0.144 e. The largest absolute Gasteiger partial charge is 0.505 e. The van der Waals surface area contributed by atoms with Crippen molar-refractivity contribution in [2.75, 3.05) is 24.6 Å². The maximum atomic E-state index is 11.4. The van der Waals surface area contributed by atoms with E-state index in [1.165, 1.54) is 5.56 Å². The Morgan fingerprint density at radius 3 is 2.27 bits per heavy atom. The number of rotatable bonds is 2. The van der Waals surface area contributed by atoms with Crippen LogP contribution in [-0.4, -0.2) is 43.8 Å². The summed E-state index contributed by atoms with van der Waals surface area (Å²) in [7, 11) is -0.648. The summed E-state index contributed by atoms with van der Waals surface area (Å²) in [6.45, 7) is 16.5. The number of nitrogens with zero attached hydrogens (tertiary/aromatic N) is 2. The van der Waals surface area contributed by atoms with Crippen molar-refractivity contribution in [2.45, 2.75) is 55.0 Å². The Kier molecular flexibility index (Phi) is 12.9. The molecule has 1 aliphatic heterocycles. The van der Waals surface area contributed by atoms with Gasteiger partial charge in [-0.3, -0.25) is 14.1 Å². The third-order valence-corrected chi connectivity index (χ3v) is 5.08. The number of aromatic nitrogens is 1. The lowest BCUT2D eigenvalue weighted by atomic mass is 10.0. The highest BCUT2D eigenvalue weighted by atomic mass is 32.2. The Morgan fingerprint density at radius 1 is 1.12 bits per heavy atom. The van der Waals surface area contributed by atoms with Gasteiger partial charge in [-0.1, -0.05) is 53.7 Å². The number of phenols is 1. The van der Waals surface area contributed by atoms with Gasteiger partial charge in [0.1, 0.15) is 11.3 Å². The van der Waals surface area contributed by atoms with E-state index in [0.717, 1.165) is 42.1 Å². The summed E-state index contributed by atoms with van der Waals surface area (Å²) in [5.74, 6) is 1.78. The highest BCUT2D eigenvalue weighted by molar-refractivity contribution is 7.85. The molecule has 26 heavy (non-hydrogen) atoms. The third kappa shape index (κ3) is 6.69. The first-order chi connectivity index (χ1) is 12.6. The van der Waals surface area contributed by atoms with Gasteiger partial charge in [-0.25, -0.2) is 0 Å². The van der Waals surface area contributed by atoms with Gasteiger partial charge in [0.15, 0.2) is 0 Å². The summed E-state index contributed by atoms with van der Waals surface area (Å²) in [6, 6.07) is 5.93. The summed E-state index contributed by atoms with van der Waals surface area (Å²) in [5.41, 5.74) is 2.70. The third-order valence-electron chi connectivity index (χ3n) is 3.81. The quantitative estimate of drug-likeness (QED) is 0.806. The zero-order chi connectivity index (χ0) is 20.1. The lowest BCUT2D eigenvalue weighted by Gasteiger charge is -2.26. The molecule has 1 N–H and O–H groups in total. The molecular weight excluding hydrogens is 344 g/mol. The van der Waals surface area contributed by atoms with Crippen LogP contribution >= 0.6 is 0 Å². The van der Waals surface area contributed by atoms with Gasteiger partial charge in [-0.05, 0) is 24.1 Å². The maximum absolute atomic E-state index is 11.4. The van der Waals surface area contributed by atoms with E-state index in [1.54, 1.807) is 6.20 Å². The molecule has 1 aromatic carbocycles. The van der Waals surface area contributed by atoms with Gasteiger partial charge in [-0.2, -0.15) is 0 Å². The molecule has 0 radical (unpaired) electrons. The number of phenolic OH excluding ortho intramolecular Hbond substituents is 1. The van der Waals surface area contributed by atoms with Crippen LogP contribution in [0.2, 0.25) is 0 Å². The van der Waals surface area contributed by atoms with Crippen LogP contribution in [0.1, 0.15) is 52.7 Å². The summed E-state index contributed by atoms with van der Waals surface area (Å²) >= 11 is 0. The molecule has 4 nitrogen and oxygen atoms in total. The number of pyridine rings is 1. The van der Waals surface area contributed by atoms with Gasteiger partial charge in [-0.15, -0.1) is 0 Å². The van der Waals surface area contributed by atoms with Crippen LogP contribution < -0.4 is 0 Å². The molecule has 2 heterocycles. The standard InChI is InChI=1S/C15H18N2O2S.3C2H6/c1-11-9-12(10-17-5-7-20(19)8-6-17)13-3-2-4-16-14(13)15(11)18;3*1-2/h2-4,9,18H,5-8,10H2,1H3;3*1-2H3. The number of hydrogen-bond donors (Lipinski definition) is 1. The van der Waals surface area contributed by atoms with E-state index in [4.69, 9.17) is 0 Å². The number of aryl methyl sites for hydroxylation is 1. The van der Waals surface area contributed by atoms with E-state index < -0.39 is 10.8 Å². The predicted octanol–water partition coefficient (Wildman–Crippen LogP) is 4.89. The van der Waals surface area contributed by atoms with Gasteiger partial charge in [0.25, 0.3) is 0 Å². The molecule has 1 fully saturated rings. The first-order valence-corrected chi connectivity index (χ1v) is 11.3. The first kappa shape index (κ1) is 24.5. The molecule has 2 aromatic rings. The molecule has 148 valence electrons. The number of fused-ring (bicyclic) bond motifs is 1. The van der Waals surface area contributed by atoms with E-state index >= 15 is 0 Å². The fourth-order valence-electron chi connectivity index (χ4n) is 2.65. The Hall–Kier alpha value is -1.46. The van der Waals surface area contributed by atoms with Crippen LogP contribution in [0.15, 0.2) is 24.4 Å². The number of hydrogen-bond acceptors (Lipinski definition) is 4. The van der Waals surface area contributed by atoms with Crippen molar-refractivity contribution in [2.24, 2.45) is 0 Å². The van der Waals surface area contributed by atoms with Crippen molar-refractivity contribution in [1.29, 1.82) is 0 Å². The summed E-state index contributed by atoms with van der Waals surface area (Å²) in [4.78, 5) is 6.61. The molecule has 0 aliphatic carbocycles. The van der Waals surface area contributed by atoms with E-state index in [1.807, 2.05) is 66.7 Å². The molecule has 1 aliphatic rings. The van der Waals surface area contributed by atoms with Crippen molar-refractivity contribution >= 4 is 21.7 Å². The predicted molar refractivity (Wildman–Crippen MR) is 115 cm³/mol. The molecule has 5 heteroatoms. The number of benzene rings is 1. The Bertz CT molecular complexity index is 664. The molecule has 3 rings (SSSR count). The lowest BCUT2D eigenvalue weighted by molar-refractivity contribution is 0.292. The highest BCUT2D eigenvalue weighted by Gasteiger charge is 2.17. The SMILES string of the molecule is CC.CC.CC.Cc1cc(CN2CCS(=O)CC2)c2cccnc2c1O. The monoisotopic (exact) mass is 380 g/mol.